The number of aryl methyl sites for hydroxylation is 3. The van der Waals surface area contributed by atoms with E-state index in [1.165, 1.54) is 10.5 Å². The Morgan fingerprint density at radius 1 is 1.08 bits per heavy atom. The number of likely N-dealkylation sites (tertiary alicyclic amines) is 1. The number of amides is 1. The van der Waals surface area contributed by atoms with Crippen LogP contribution in [0.5, 0.6) is 0 Å². The van der Waals surface area contributed by atoms with Gasteiger partial charge >= 0.3 is 5.97 Å². The van der Waals surface area contributed by atoms with Crippen LogP contribution in [0.3, 0.4) is 0 Å². The van der Waals surface area contributed by atoms with Crippen LogP contribution in [-0.2, 0) is 22.5 Å². The average Bonchev–Trinajstić information content (AvgIpc) is 2.93. The van der Waals surface area contributed by atoms with Crippen LogP contribution < -0.4 is 11.0 Å². The molecule has 196 valence electrons. The van der Waals surface area contributed by atoms with Crippen LogP contribution in [0.4, 0.5) is 0 Å². The third-order valence-corrected chi connectivity index (χ3v) is 7.23. The number of ether oxygens (including phenoxy) is 1. The lowest BCUT2D eigenvalue weighted by Gasteiger charge is -2.31. The van der Waals surface area contributed by atoms with Gasteiger partial charge in [-0.05, 0) is 56.4 Å². The van der Waals surface area contributed by atoms with Gasteiger partial charge in [-0.2, -0.15) is 0 Å². The Balaban J connectivity index is 1.58. The molecule has 5 rings (SSSR count). The van der Waals surface area contributed by atoms with E-state index in [1.54, 1.807) is 28.7 Å². The molecule has 0 aliphatic carbocycles. The molecule has 1 aromatic carbocycles. The lowest BCUT2D eigenvalue weighted by atomic mass is 9.96. The zero-order valence-electron chi connectivity index (χ0n) is 21.6. The van der Waals surface area contributed by atoms with Crippen LogP contribution in [0.1, 0.15) is 41.3 Å². The first-order chi connectivity index (χ1) is 18.4. The predicted molar refractivity (Wildman–Crippen MR) is 143 cm³/mol. The van der Waals surface area contributed by atoms with Crippen molar-refractivity contribution in [2.75, 3.05) is 19.7 Å². The van der Waals surface area contributed by atoms with E-state index >= 15 is 0 Å². The summed E-state index contributed by atoms with van der Waals surface area (Å²) in [5.41, 5.74) is 2.75. The summed E-state index contributed by atoms with van der Waals surface area (Å²) in [5.74, 6) is -0.779. The maximum atomic E-state index is 13.7. The average molecular weight is 514 g/mol. The number of benzene rings is 1. The van der Waals surface area contributed by atoms with Crippen molar-refractivity contribution in [2.24, 2.45) is 5.92 Å². The molecule has 0 saturated carbocycles. The number of piperidine rings is 1. The fourth-order valence-corrected chi connectivity index (χ4v) is 5.11. The summed E-state index contributed by atoms with van der Waals surface area (Å²) in [6, 6.07) is 15.1. The maximum Gasteiger partial charge on any atom is 0.309 e. The van der Waals surface area contributed by atoms with E-state index in [4.69, 9.17) is 15.1 Å². The number of nitrogens with one attached hydrogen (secondary N) is 1. The monoisotopic (exact) mass is 513 g/mol. The van der Waals surface area contributed by atoms with Gasteiger partial charge < -0.3 is 14.2 Å². The van der Waals surface area contributed by atoms with Gasteiger partial charge in [0.05, 0.1) is 23.5 Å². The van der Waals surface area contributed by atoms with Crippen molar-refractivity contribution in [3.05, 3.63) is 87.3 Å². The van der Waals surface area contributed by atoms with Crippen LogP contribution in [-0.4, -0.2) is 50.4 Å². The second kappa shape index (κ2) is 10.6. The number of pyridine rings is 2. The molecule has 0 unspecified atom stereocenters. The van der Waals surface area contributed by atoms with Gasteiger partial charge in [-0.15, -0.1) is 0 Å². The number of esters is 1. The highest BCUT2D eigenvalue weighted by molar-refractivity contribution is 5.97. The van der Waals surface area contributed by atoms with Gasteiger partial charge in [0.2, 0.25) is 0 Å². The molecule has 4 aromatic rings. The first kappa shape index (κ1) is 25.4. The number of rotatable bonds is 6. The molecule has 0 atom stereocenters. The summed E-state index contributed by atoms with van der Waals surface area (Å²) in [5, 5.41) is 9.32. The molecule has 1 aliphatic rings. The Labute approximate surface area is 219 Å². The Hall–Kier alpha value is -4.27. The number of aromatic nitrogens is 3. The van der Waals surface area contributed by atoms with Gasteiger partial charge in [0, 0.05) is 25.8 Å². The lowest BCUT2D eigenvalue weighted by molar-refractivity contribution is -0.149. The fourth-order valence-electron chi connectivity index (χ4n) is 5.11. The van der Waals surface area contributed by atoms with Crippen molar-refractivity contribution in [3.8, 4) is 0 Å². The smallest absolute Gasteiger partial charge is 0.309 e. The molecule has 1 N–H and O–H groups in total. The zero-order chi connectivity index (χ0) is 26.8. The summed E-state index contributed by atoms with van der Waals surface area (Å²) < 4.78 is 8.31. The number of hydrogen-bond donors (Lipinski definition) is 1. The topological polar surface area (TPSA) is 110 Å². The zero-order valence-corrected chi connectivity index (χ0v) is 21.6. The Kier molecular flexibility index (Phi) is 7.09. The van der Waals surface area contributed by atoms with Crippen molar-refractivity contribution in [1.29, 1.82) is 5.41 Å². The molecular formula is C29H31N5O4. The molecule has 1 aliphatic heterocycles. The molecule has 3 aromatic heterocycles. The van der Waals surface area contributed by atoms with Crippen LogP contribution in [0.15, 0.2) is 59.5 Å². The van der Waals surface area contributed by atoms with Gasteiger partial charge in [-0.1, -0.05) is 36.4 Å². The normalized spacial score (nSPS) is 14.2. The first-order valence-electron chi connectivity index (χ1n) is 13.0. The summed E-state index contributed by atoms with van der Waals surface area (Å²) >= 11 is 0. The first-order valence-corrected chi connectivity index (χ1v) is 13.0. The highest BCUT2D eigenvalue weighted by Crippen LogP contribution is 2.21. The Morgan fingerprint density at radius 3 is 2.53 bits per heavy atom. The van der Waals surface area contributed by atoms with Crippen molar-refractivity contribution in [2.45, 2.75) is 39.7 Å². The van der Waals surface area contributed by atoms with Crippen LogP contribution in [0, 0.1) is 18.3 Å². The lowest BCUT2D eigenvalue weighted by Crippen LogP contribution is -2.43. The number of carbonyl (C=O) groups excluding carboxylic acids is 2. The van der Waals surface area contributed by atoms with Gasteiger partial charge in [0.15, 0.2) is 0 Å². The predicted octanol–water partition coefficient (Wildman–Crippen LogP) is 3.10. The molecular weight excluding hydrogens is 482 g/mol. The second-order valence-electron chi connectivity index (χ2n) is 9.65. The van der Waals surface area contributed by atoms with Crippen molar-refractivity contribution < 1.29 is 14.3 Å². The molecule has 1 fully saturated rings. The minimum absolute atomic E-state index is 0.0239. The summed E-state index contributed by atoms with van der Waals surface area (Å²) in [6.45, 7) is 5.16. The van der Waals surface area contributed by atoms with Gasteiger partial charge in [0.25, 0.3) is 11.5 Å². The molecule has 1 amide bonds. The standard InChI is InChI=1S/C29H31N5O4/c1-3-38-29(37)21-12-15-32(16-13-21)27(35)22-18-23-26(31-25-19(2)8-7-14-34(25)28(23)36)33(24(22)30)17-11-20-9-5-4-6-10-20/h4-10,14,18,21,30H,3,11-13,15-17H2,1-2H3. The van der Waals surface area contributed by atoms with E-state index in [9.17, 15) is 14.4 Å². The SMILES string of the molecule is CCOC(=O)C1CCN(C(=O)c2cc3c(=O)n4cccc(C)c4nc3n(CCc3ccccc3)c2=N)CC1. The minimum Gasteiger partial charge on any atom is -0.466 e. The van der Waals surface area contributed by atoms with E-state index in [-0.39, 0.29) is 34.4 Å². The molecule has 0 bridgehead atoms. The third kappa shape index (κ3) is 4.71. The molecule has 0 spiro atoms. The Bertz CT molecular complexity index is 1630. The largest absolute Gasteiger partial charge is 0.466 e. The summed E-state index contributed by atoms with van der Waals surface area (Å²) in [6.07, 6.45) is 3.30. The molecule has 9 nitrogen and oxygen atoms in total. The molecule has 1 saturated heterocycles. The fraction of sp³-hybridized carbons (Fsp3) is 0.345. The number of hydrogen-bond acceptors (Lipinski definition) is 6. The van der Waals surface area contributed by atoms with Gasteiger partial charge in [0.1, 0.15) is 16.8 Å². The van der Waals surface area contributed by atoms with E-state index in [0.29, 0.717) is 62.2 Å². The molecule has 0 radical (unpaired) electrons. The number of fused-ring (bicyclic) bond motifs is 2. The van der Waals surface area contributed by atoms with Gasteiger partial charge in [-0.25, -0.2) is 4.98 Å². The second-order valence-corrected chi connectivity index (χ2v) is 9.65. The van der Waals surface area contributed by atoms with Crippen LogP contribution in [0.25, 0.3) is 16.7 Å². The van der Waals surface area contributed by atoms with Crippen LogP contribution in [0.2, 0.25) is 0 Å². The summed E-state index contributed by atoms with van der Waals surface area (Å²) in [7, 11) is 0. The summed E-state index contributed by atoms with van der Waals surface area (Å²) in [4.78, 5) is 45.9. The maximum absolute atomic E-state index is 13.7. The molecule has 4 heterocycles. The quantitative estimate of drug-likeness (QED) is 0.315. The molecule has 9 heteroatoms. The minimum atomic E-state index is -0.318. The number of carbonyl (C=O) groups is 2. The van der Waals surface area contributed by atoms with Crippen molar-refractivity contribution >= 4 is 28.6 Å². The van der Waals surface area contributed by atoms with Crippen molar-refractivity contribution in [3.63, 3.8) is 0 Å². The van der Waals surface area contributed by atoms with Gasteiger partial charge in [-0.3, -0.25) is 24.2 Å². The van der Waals surface area contributed by atoms with E-state index in [1.807, 2.05) is 43.3 Å². The van der Waals surface area contributed by atoms with Crippen LogP contribution >= 0.6 is 0 Å². The Morgan fingerprint density at radius 2 is 1.82 bits per heavy atom. The third-order valence-electron chi connectivity index (χ3n) is 7.23. The van der Waals surface area contributed by atoms with Crippen molar-refractivity contribution in [1.82, 2.24) is 18.9 Å². The highest BCUT2D eigenvalue weighted by atomic mass is 16.5. The highest BCUT2D eigenvalue weighted by Gasteiger charge is 2.30. The molecule has 38 heavy (non-hydrogen) atoms. The van der Waals surface area contributed by atoms with E-state index in [2.05, 4.69) is 0 Å². The van der Waals surface area contributed by atoms with E-state index in [0.717, 1.165) is 11.1 Å². The van der Waals surface area contributed by atoms with E-state index < -0.39 is 0 Å². The number of nitrogens with zero attached hydrogens (tertiary/aromatic N) is 4.